The maximum Gasteiger partial charge on any atom is 0.165 e. The molecule has 2 bridgehead atoms. The Kier molecular flexibility index (Phi) is 4.67. The Hall–Kier alpha value is -1.30. The molecule has 0 aromatic heterocycles. The SMILES string of the molecule is CC[C@]1(OC)[C@@H]2Oc3c(OC)ccc4c3[C@@]23CCN[C@H](C4)[C@@]3(C)C[C@@H]1[C@@](C)(O)C(C)(C)C. The summed E-state index contributed by atoms with van der Waals surface area (Å²) in [7, 11) is 3.55. The van der Waals surface area contributed by atoms with Crippen molar-refractivity contribution in [3.63, 3.8) is 0 Å². The van der Waals surface area contributed by atoms with E-state index in [-0.39, 0.29) is 28.3 Å². The number of aliphatic hydroxyl groups is 1. The van der Waals surface area contributed by atoms with Gasteiger partial charge in [0.1, 0.15) is 11.7 Å². The normalized spacial score (nSPS) is 41.5. The molecule has 2 heterocycles. The third kappa shape index (κ3) is 2.31. The van der Waals surface area contributed by atoms with Crippen LogP contribution >= 0.6 is 0 Å². The van der Waals surface area contributed by atoms with E-state index in [2.05, 4.69) is 52.1 Å². The van der Waals surface area contributed by atoms with Crippen molar-refractivity contribution in [2.45, 2.75) is 96.0 Å². The van der Waals surface area contributed by atoms with Gasteiger partial charge in [-0.15, -0.1) is 0 Å². The zero-order valence-electron chi connectivity index (χ0n) is 21.1. The van der Waals surface area contributed by atoms with E-state index in [1.165, 1.54) is 11.1 Å². The summed E-state index contributed by atoms with van der Waals surface area (Å²) >= 11 is 0. The van der Waals surface area contributed by atoms with Crippen molar-refractivity contribution in [2.75, 3.05) is 20.8 Å². The summed E-state index contributed by atoms with van der Waals surface area (Å²) in [5.74, 6) is 1.65. The molecule has 4 aliphatic rings. The first kappa shape index (κ1) is 22.5. The van der Waals surface area contributed by atoms with Crippen molar-refractivity contribution in [1.29, 1.82) is 0 Å². The third-order valence-corrected chi connectivity index (χ3v) is 10.5. The molecule has 5 heteroatoms. The van der Waals surface area contributed by atoms with E-state index in [4.69, 9.17) is 14.2 Å². The lowest BCUT2D eigenvalue weighted by Gasteiger charge is -2.69. The van der Waals surface area contributed by atoms with Crippen LogP contribution < -0.4 is 14.8 Å². The van der Waals surface area contributed by atoms with E-state index in [0.29, 0.717) is 6.04 Å². The monoisotopic (exact) mass is 443 g/mol. The summed E-state index contributed by atoms with van der Waals surface area (Å²) in [6.07, 6.45) is 3.50. The molecule has 178 valence electrons. The lowest BCUT2D eigenvalue weighted by atomic mass is 9.38. The van der Waals surface area contributed by atoms with Gasteiger partial charge in [0.2, 0.25) is 0 Å². The van der Waals surface area contributed by atoms with Crippen LogP contribution in [0.3, 0.4) is 0 Å². The molecule has 0 amide bonds. The average Bonchev–Trinajstić information content (AvgIpc) is 3.08. The summed E-state index contributed by atoms with van der Waals surface area (Å²) in [6.45, 7) is 14.0. The summed E-state index contributed by atoms with van der Waals surface area (Å²) < 4.78 is 19.3. The van der Waals surface area contributed by atoms with Crippen LogP contribution in [-0.4, -0.2) is 49.2 Å². The van der Waals surface area contributed by atoms with Crippen molar-refractivity contribution < 1.29 is 19.3 Å². The van der Waals surface area contributed by atoms with Gasteiger partial charge in [0.15, 0.2) is 11.5 Å². The molecule has 2 aliphatic carbocycles. The van der Waals surface area contributed by atoms with Crippen LogP contribution in [0.25, 0.3) is 0 Å². The van der Waals surface area contributed by atoms with Gasteiger partial charge < -0.3 is 24.6 Å². The zero-order chi connectivity index (χ0) is 23.3. The second-order valence-corrected chi connectivity index (χ2v) is 12.1. The minimum absolute atomic E-state index is 0.0579. The molecule has 0 unspecified atom stereocenters. The molecular formula is C27H41NO4. The fraction of sp³-hybridized carbons (Fsp3) is 0.778. The molecule has 5 nitrogen and oxygen atoms in total. The van der Waals surface area contributed by atoms with E-state index in [0.717, 1.165) is 43.7 Å². The highest BCUT2D eigenvalue weighted by Gasteiger charge is 2.77. The average molecular weight is 444 g/mol. The highest BCUT2D eigenvalue weighted by Crippen LogP contribution is 2.72. The molecule has 1 aromatic carbocycles. The predicted molar refractivity (Wildman–Crippen MR) is 126 cm³/mol. The van der Waals surface area contributed by atoms with Crippen molar-refractivity contribution in [1.82, 2.24) is 5.32 Å². The summed E-state index contributed by atoms with van der Waals surface area (Å²) in [5, 5.41) is 16.0. The van der Waals surface area contributed by atoms with Crippen LogP contribution in [0.5, 0.6) is 11.5 Å². The van der Waals surface area contributed by atoms with Gasteiger partial charge in [-0.25, -0.2) is 0 Å². The molecule has 1 saturated carbocycles. The van der Waals surface area contributed by atoms with Gasteiger partial charge in [-0.2, -0.15) is 0 Å². The number of piperidine rings is 1. The van der Waals surface area contributed by atoms with Crippen LogP contribution in [0.4, 0.5) is 0 Å². The van der Waals surface area contributed by atoms with Crippen molar-refractivity contribution in [3.05, 3.63) is 23.3 Å². The molecular weight excluding hydrogens is 402 g/mol. The van der Waals surface area contributed by atoms with Gasteiger partial charge >= 0.3 is 0 Å². The number of methoxy groups -OCH3 is 2. The first-order valence-electron chi connectivity index (χ1n) is 12.3. The lowest BCUT2D eigenvalue weighted by molar-refractivity contribution is -0.269. The van der Waals surface area contributed by atoms with E-state index < -0.39 is 11.2 Å². The number of hydrogen-bond donors (Lipinski definition) is 2. The van der Waals surface area contributed by atoms with Gasteiger partial charge in [-0.1, -0.05) is 40.7 Å². The van der Waals surface area contributed by atoms with Crippen LogP contribution in [0, 0.1) is 16.7 Å². The summed E-state index contributed by atoms with van der Waals surface area (Å²) in [5.41, 5.74) is 0.681. The topological polar surface area (TPSA) is 60.0 Å². The largest absolute Gasteiger partial charge is 0.493 e. The quantitative estimate of drug-likeness (QED) is 0.729. The summed E-state index contributed by atoms with van der Waals surface area (Å²) in [4.78, 5) is 0. The number of hydrogen-bond acceptors (Lipinski definition) is 5. The van der Waals surface area contributed by atoms with Gasteiger partial charge in [0.25, 0.3) is 0 Å². The van der Waals surface area contributed by atoms with Crippen LogP contribution in [0.2, 0.25) is 0 Å². The molecule has 0 radical (unpaired) electrons. The minimum atomic E-state index is -0.930. The Balaban J connectivity index is 1.82. The fourth-order valence-corrected chi connectivity index (χ4v) is 8.16. The number of benzene rings is 1. The molecule has 1 spiro atoms. The molecule has 2 aliphatic heterocycles. The molecule has 1 saturated heterocycles. The maximum absolute atomic E-state index is 12.1. The lowest BCUT2D eigenvalue weighted by Crippen LogP contribution is -2.79. The Morgan fingerprint density at radius 2 is 1.94 bits per heavy atom. The Morgan fingerprint density at radius 1 is 1.22 bits per heavy atom. The minimum Gasteiger partial charge on any atom is -0.493 e. The van der Waals surface area contributed by atoms with E-state index in [9.17, 15) is 5.11 Å². The van der Waals surface area contributed by atoms with Crippen LogP contribution in [-0.2, 0) is 16.6 Å². The fourth-order valence-electron chi connectivity index (χ4n) is 8.16. The smallest absolute Gasteiger partial charge is 0.165 e. The van der Waals surface area contributed by atoms with E-state index >= 15 is 0 Å². The van der Waals surface area contributed by atoms with Crippen LogP contribution in [0.15, 0.2) is 12.1 Å². The predicted octanol–water partition coefficient (Wildman–Crippen LogP) is 4.23. The Labute approximate surface area is 193 Å². The van der Waals surface area contributed by atoms with Gasteiger partial charge in [-0.3, -0.25) is 0 Å². The molecule has 2 fully saturated rings. The molecule has 2 N–H and O–H groups in total. The van der Waals surface area contributed by atoms with Crippen molar-refractivity contribution in [2.24, 2.45) is 16.7 Å². The standard InChI is InChI=1S/C27H41NO4/c1-9-27(31-8)18(25(6,29)23(2,3)4)15-24(5)19-14-16-10-11-17(30-7)21-20(16)26(24,12-13-28-19)22(27)32-21/h10-11,18-19,22,28-29H,9,12-15H2,1-8H3/t18-,19-,22-,24-,25-,26+,27-/m1/s1. The number of nitrogens with one attached hydrogen (secondary N) is 1. The van der Waals surface area contributed by atoms with Gasteiger partial charge in [0, 0.05) is 30.0 Å². The summed E-state index contributed by atoms with van der Waals surface area (Å²) in [6, 6.07) is 4.64. The Morgan fingerprint density at radius 3 is 2.53 bits per heavy atom. The van der Waals surface area contributed by atoms with E-state index in [1.807, 2.05) is 14.0 Å². The second kappa shape index (κ2) is 6.64. The van der Waals surface area contributed by atoms with Crippen molar-refractivity contribution >= 4 is 0 Å². The van der Waals surface area contributed by atoms with Gasteiger partial charge in [-0.05, 0) is 61.6 Å². The molecule has 7 atom stereocenters. The first-order valence-corrected chi connectivity index (χ1v) is 12.3. The van der Waals surface area contributed by atoms with Crippen LogP contribution in [0.1, 0.15) is 71.9 Å². The van der Waals surface area contributed by atoms with E-state index in [1.54, 1.807) is 7.11 Å². The number of ether oxygens (including phenoxy) is 3. The molecule has 32 heavy (non-hydrogen) atoms. The highest BCUT2D eigenvalue weighted by atomic mass is 16.6. The van der Waals surface area contributed by atoms with Gasteiger partial charge in [0.05, 0.1) is 12.7 Å². The Bertz CT molecular complexity index is 930. The highest BCUT2D eigenvalue weighted by molar-refractivity contribution is 5.63. The molecule has 5 rings (SSSR count). The zero-order valence-corrected chi connectivity index (χ0v) is 21.1. The van der Waals surface area contributed by atoms with Crippen molar-refractivity contribution in [3.8, 4) is 11.5 Å². The number of rotatable bonds is 4. The molecule has 1 aromatic rings. The second-order valence-electron chi connectivity index (χ2n) is 12.1. The third-order valence-electron chi connectivity index (χ3n) is 10.5. The first-order chi connectivity index (χ1) is 14.9. The maximum atomic E-state index is 12.1.